The van der Waals surface area contributed by atoms with Crippen LogP contribution in [0.1, 0.15) is 53.7 Å². The Labute approximate surface area is 139 Å². The fraction of sp³-hybridized carbons (Fsp3) is 0.562. The first kappa shape index (κ1) is 15.7. The Kier molecular flexibility index (Phi) is 4.64. The van der Waals surface area contributed by atoms with E-state index in [0.29, 0.717) is 5.15 Å². The van der Waals surface area contributed by atoms with E-state index >= 15 is 0 Å². The van der Waals surface area contributed by atoms with Gasteiger partial charge < -0.3 is 4.90 Å². The highest BCUT2D eigenvalue weighted by atomic mass is 35.5. The van der Waals surface area contributed by atoms with Gasteiger partial charge in [0.05, 0.1) is 5.39 Å². The predicted octanol–water partition coefficient (Wildman–Crippen LogP) is 4.10. The lowest BCUT2D eigenvalue weighted by Crippen LogP contribution is -2.29. The molecule has 0 N–H and O–H groups in total. The average Bonchev–Trinajstić information content (AvgIpc) is 2.90. The average molecular weight is 338 g/mol. The second-order valence-electron chi connectivity index (χ2n) is 5.81. The number of hydrogen-bond donors (Lipinski definition) is 0. The smallest absolute Gasteiger partial charge is 0.291 e. The van der Waals surface area contributed by atoms with Crippen LogP contribution in [0.2, 0.25) is 5.15 Å². The van der Waals surface area contributed by atoms with Gasteiger partial charge in [-0.3, -0.25) is 4.79 Å². The minimum absolute atomic E-state index is 0.149. The van der Waals surface area contributed by atoms with Crippen LogP contribution in [0, 0.1) is 0 Å². The molecule has 118 valence electrons. The number of fused-ring (bicyclic) bond motifs is 3. The Bertz CT molecular complexity index is 713. The van der Waals surface area contributed by atoms with Crippen molar-refractivity contribution in [2.24, 2.45) is 0 Å². The Morgan fingerprint density at radius 1 is 1.32 bits per heavy atom. The molecule has 2 heterocycles. The number of halogens is 1. The fourth-order valence-corrected chi connectivity index (χ4v) is 4.48. The molecule has 3 rings (SSSR count). The van der Waals surface area contributed by atoms with Gasteiger partial charge in [0, 0.05) is 18.5 Å². The van der Waals surface area contributed by atoms with Crippen molar-refractivity contribution in [3.63, 3.8) is 0 Å². The Hall–Kier alpha value is -1.20. The zero-order chi connectivity index (χ0) is 15.7. The van der Waals surface area contributed by atoms with Crippen LogP contribution in [0.15, 0.2) is 0 Å². The van der Waals surface area contributed by atoms with Crippen molar-refractivity contribution in [2.45, 2.75) is 45.4 Å². The zero-order valence-corrected chi connectivity index (χ0v) is 14.6. The van der Waals surface area contributed by atoms with Crippen LogP contribution in [0.4, 0.5) is 0 Å². The Morgan fingerprint density at radius 2 is 2.09 bits per heavy atom. The molecule has 1 aliphatic carbocycles. The number of carbonyl (C=O) groups is 1. The SMILES string of the molecule is CCCCN(C)C(=O)c1nc(Cl)c2c3c(sc2n1)CCCC3. The van der Waals surface area contributed by atoms with E-state index in [9.17, 15) is 4.79 Å². The minimum atomic E-state index is -0.149. The van der Waals surface area contributed by atoms with Crippen molar-refractivity contribution in [1.29, 1.82) is 0 Å². The Morgan fingerprint density at radius 3 is 2.86 bits per heavy atom. The molecular weight excluding hydrogens is 318 g/mol. The minimum Gasteiger partial charge on any atom is -0.339 e. The van der Waals surface area contributed by atoms with Gasteiger partial charge in [0.15, 0.2) is 0 Å². The largest absolute Gasteiger partial charge is 0.339 e. The van der Waals surface area contributed by atoms with E-state index < -0.39 is 0 Å². The summed E-state index contributed by atoms with van der Waals surface area (Å²) in [4.78, 5) is 25.1. The molecule has 0 unspecified atom stereocenters. The van der Waals surface area contributed by atoms with E-state index in [0.717, 1.165) is 42.4 Å². The normalized spacial score (nSPS) is 14.1. The molecule has 1 aliphatic rings. The molecule has 0 fully saturated rings. The lowest BCUT2D eigenvalue weighted by atomic mass is 9.97. The van der Waals surface area contributed by atoms with Crippen molar-refractivity contribution < 1.29 is 4.79 Å². The van der Waals surface area contributed by atoms with Crippen LogP contribution in [-0.4, -0.2) is 34.4 Å². The maximum atomic E-state index is 12.4. The summed E-state index contributed by atoms with van der Waals surface area (Å²) >= 11 is 8.05. The summed E-state index contributed by atoms with van der Waals surface area (Å²) in [6.45, 7) is 2.82. The highest BCUT2D eigenvalue weighted by Gasteiger charge is 2.23. The number of nitrogens with zero attached hydrogens (tertiary/aromatic N) is 3. The van der Waals surface area contributed by atoms with Gasteiger partial charge in [-0.15, -0.1) is 11.3 Å². The second kappa shape index (κ2) is 6.50. The molecule has 0 radical (unpaired) electrons. The number of carbonyl (C=O) groups excluding carboxylic acids is 1. The van der Waals surface area contributed by atoms with Crippen molar-refractivity contribution in [3.05, 3.63) is 21.4 Å². The van der Waals surface area contributed by atoms with E-state index in [1.165, 1.54) is 23.3 Å². The van der Waals surface area contributed by atoms with Crippen LogP contribution in [0.3, 0.4) is 0 Å². The van der Waals surface area contributed by atoms with Crippen LogP contribution < -0.4 is 0 Å². The zero-order valence-electron chi connectivity index (χ0n) is 13.0. The summed E-state index contributed by atoms with van der Waals surface area (Å²) in [6, 6.07) is 0. The molecule has 4 nitrogen and oxygen atoms in total. The van der Waals surface area contributed by atoms with Gasteiger partial charge in [-0.2, -0.15) is 0 Å². The van der Waals surface area contributed by atoms with E-state index in [-0.39, 0.29) is 11.7 Å². The van der Waals surface area contributed by atoms with Gasteiger partial charge >= 0.3 is 0 Å². The highest BCUT2D eigenvalue weighted by Crippen LogP contribution is 2.38. The first-order valence-electron chi connectivity index (χ1n) is 7.85. The van der Waals surface area contributed by atoms with Crippen LogP contribution >= 0.6 is 22.9 Å². The van der Waals surface area contributed by atoms with Crippen molar-refractivity contribution >= 4 is 39.1 Å². The van der Waals surface area contributed by atoms with Gasteiger partial charge in [0.1, 0.15) is 9.98 Å². The third kappa shape index (κ3) is 2.84. The molecule has 0 spiro atoms. The van der Waals surface area contributed by atoms with Crippen molar-refractivity contribution in [3.8, 4) is 0 Å². The molecule has 22 heavy (non-hydrogen) atoms. The number of aryl methyl sites for hydroxylation is 2. The molecule has 1 amide bonds. The Balaban J connectivity index is 1.97. The molecule has 0 aliphatic heterocycles. The maximum absolute atomic E-state index is 12.4. The van der Waals surface area contributed by atoms with Gasteiger partial charge in [-0.05, 0) is 37.7 Å². The van der Waals surface area contributed by atoms with Crippen LogP contribution in [0.25, 0.3) is 10.2 Å². The summed E-state index contributed by atoms with van der Waals surface area (Å²) in [5.74, 6) is 0.0679. The second-order valence-corrected chi connectivity index (χ2v) is 7.25. The summed E-state index contributed by atoms with van der Waals surface area (Å²) in [5, 5.41) is 1.39. The predicted molar refractivity (Wildman–Crippen MR) is 90.9 cm³/mol. The molecule has 2 aromatic rings. The summed E-state index contributed by atoms with van der Waals surface area (Å²) < 4.78 is 0. The van der Waals surface area contributed by atoms with Gasteiger partial charge in [-0.25, -0.2) is 9.97 Å². The standard InChI is InChI=1S/C16H20ClN3OS/c1-3-4-9-20(2)16(21)14-18-13(17)12-10-7-5-6-8-11(10)22-15(12)19-14/h3-9H2,1-2H3. The van der Waals surface area contributed by atoms with Crippen molar-refractivity contribution in [1.82, 2.24) is 14.9 Å². The van der Waals surface area contributed by atoms with Crippen LogP contribution in [-0.2, 0) is 12.8 Å². The van der Waals surface area contributed by atoms with E-state index in [2.05, 4.69) is 16.9 Å². The maximum Gasteiger partial charge on any atom is 0.291 e. The lowest BCUT2D eigenvalue weighted by Gasteiger charge is -2.15. The highest BCUT2D eigenvalue weighted by molar-refractivity contribution is 7.19. The summed E-state index contributed by atoms with van der Waals surface area (Å²) in [5.41, 5.74) is 1.30. The third-order valence-corrected chi connectivity index (χ3v) is 5.61. The molecule has 0 bridgehead atoms. The van der Waals surface area contributed by atoms with E-state index in [1.807, 2.05) is 0 Å². The van der Waals surface area contributed by atoms with Gasteiger partial charge in [0.25, 0.3) is 5.91 Å². The van der Waals surface area contributed by atoms with E-state index in [4.69, 9.17) is 11.6 Å². The molecule has 6 heteroatoms. The van der Waals surface area contributed by atoms with Gasteiger partial charge in [-0.1, -0.05) is 24.9 Å². The van der Waals surface area contributed by atoms with E-state index in [1.54, 1.807) is 23.3 Å². The molecular formula is C16H20ClN3OS. The number of rotatable bonds is 4. The number of amides is 1. The molecule has 0 saturated carbocycles. The topological polar surface area (TPSA) is 46.1 Å². The number of unbranched alkanes of at least 4 members (excludes halogenated alkanes) is 1. The molecule has 2 aromatic heterocycles. The summed E-state index contributed by atoms with van der Waals surface area (Å²) in [6.07, 6.45) is 6.57. The molecule has 0 atom stereocenters. The quantitative estimate of drug-likeness (QED) is 0.789. The number of thiophene rings is 1. The fourth-order valence-electron chi connectivity index (χ4n) is 2.88. The molecule has 0 saturated heterocycles. The molecule has 0 aromatic carbocycles. The number of hydrogen-bond acceptors (Lipinski definition) is 4. The summed E-state index contributed by atoms with van der Waals surface area (Å²) in [7, 11) is 1.79. The third-order valence-electron chi connectivity index (χ3n) is 4.16. The monoisotopic (exact) mass is 337 g/mol. The van der Waals surface area contributed by atoms with Crippen molar-refractivity contribution in [2.75, 3.05) is 13.6 Å². The number of aromatic nitrogens is 2. The van der Waals surface area contributed by atoms with Crippen LogP contribution in [0.5, 0.6) is 0 Å². The van der Waals surface area contributed by atoms with Gasteiger partial charge in [0.2, 0.25) is 5.82 Å². The first-order chi connectivity index (χ1) is 10.6. The first-order valence-corrected chi connectivity index (χ1v) is 9.04. The lowest BCUT2D eigenvalue weighted by molar-refractivity contribution is 0.0781.